The summed E-state index contributed by atoms with van der Waals surface area (Å²) in [6, 6.07) is 24.1. The third-order valence-electron chi connectivity index (χ3n) is 6.18. The van der Waals surface area contributed by atoms with Gasteiger partial charge in [-0.3, -0.25) is 0 Å². The molecule has 0 aliphatic heterocycles. The third kappa shape index (κ3) is 5.96. The quantitative estimate of drug-likeness (QED) is 0.338. The van der Waals surface area contributed by atoms with Crippen molar-refractivity contribution in [2.45, 2.75) is 26.2 Å². The lowest BCUT2D eigenvalue weighted by atomic mass is 9.78. The van der Waals surface area contributed by atoms with Crippen LogP contribution in [-0.4, -0.2) is 14.2 Å². The summed E-state index contributed by atoms with van der Waals surface area (Å²) in [5.74, 6) is 5.05. The van der Waals surface area contributed by atoms with Crippen molar-refractivity contribution >= 4 is 0 Å². The van der Waals surface area contributed by atoms with Gasteiger partial charge >= 0.3 is 0 Å². The average Bonchev–Trinajstić information content (AvgIpc) is 3.05. The van der Waals surface area contributed by atoms with E-state index in [2.05, 4.69) is 57.2 Å². The molecule has 0 heterocycles. The highest BCUT2D eigenvalue weighted by Gasteiger charge is 2.23. The van der Waals surface area contributed by atoms with Gasteiger partial charge in [0.1, 0.15) is 34.5 Å². The Labute approximate surface area is 208 Å². The monoisotopic (exact) mass is 468 g/mol. The Morgan fingerprint density at radius 3 is 1.49 bits per heavy atom. The molecule has 1 unspecified atom stereocenters. The number of ether oxygens (including phenoxy) is 4. The molecule has 4 rings (SSSR count). The topological polar surface area (TPSA) is 36.9 Å². The Bertz CT molecular complexity index is 1210. The molecule has 3 aromatic rings. The number of allylic oxidation sites excluding steroid dienone is 4. The molecule has 1 aliphatic rings. The van der Waals surface area contributed by atoms with E-state index in [1.54, 1.807) is 14.2 Å². The summed E-state index contributed by atoms with van der Waals surface area (Å²) >= 11 is 0. The highest BCUT2D eigenvalue weighted by molar-refractivity contribution is 5.43. The van der Waals surface area contributed by atoms with Gasteiger partial charge in [-0.1, -0.05) is 45.0 Å². The molecular formula is C31H32O4. The second kappa shape index (κ2) is 10.6. The van der Waals surface area contributed by atoms with E-state index in [0.29, 0.717) is 0 Å². The molecule has 180 valence electrons. The molecule has 0 saturated carbocycles. The zero-order chi connectivity index (χ0) is 24.8. The van der Waals surface area contributed by atoms with E-state index >= 15 is 0 Å². The normalized spacial score (nSPS) is 15.5. The minimum atomic E-state index is -0.176. The minimum Gasteiger partial charge on any atom is -0.497 e. The van der Waals surface area contributed by atoms with Crippen LogP contribution in [0.3, 0.4) is 0 Å². The van der Waals surface area contributed by atoms with Crippen LogP contribution < -0.4 is 14.2 Å². The molecule has 0 aromatic heterocycles. The summed E-state index contributed by atoms with van der Waals surface area (Å²) in [6.07, 6.45) is 8.00. The number of hydrogen-bond donors (Lipinski definition) is 0. The zero-order valence-electron chi connectivity index (χ0n) is 20.9. The van der Waals surface area contributed by atoms with Gasteiger partial charge in [0.05, 0.1) is 14.2 Å². The van der Waals surface area contributed by atoms with Crippen LogP contribution in [0.25, 0.3) is 0 Å². The lowest BCUT2D eigenvalue weighted by Gasteiger charge is -2.26. The van der Waals surface area contributed by atoms with E-state index < -0.39 is 0 Å². The molecule has 0 bridgehead atoms. The van der Waals surface area contributed by atoms with E-state index in [-0.39, 0.29) is 11.3 Å². The van der Waals surface area contributed by atoms with Crippen LogP contribution >= 0.6 is 0 Å². The van der Waals surface area contributed by atoms with E-state index in [1.165, 1.54) is 11.1 Å². The van der Waals surface area contributed by atoms with Crippen molar-refractivity contribution < 1.29 is 18.9 Å². The highest BCUT2D eigenvalue weighted by Crippen LogP contribution is 2.34. The molecule has 1 aliphatic carbocycles. The summed E-state index contributed by atoms with van der Waals surface area (Å²) < 4.78 is 22.6. The van der Waals surface area contributed by atoms with E-state index in [9.17, 15) is 0 Å². The fraction of sp³-hybridized carbons (Fsp3) is 0.226. The SMILES string of the molecule is COC1=CC(C)C=C(Oc2ccc(C(C)(C)c3ccc(Oc4ccc(OC)cc4)cc3)cc2)C=C1. The summed E-state index contributed by atoms with van der Waals surface area (Å²) in [5.41, 5.74) is 2.23. The average molecular weight is 469 g/mol. The van der Waals surface area contributed by atoms with Crippen molar-refractivity contribution in [2.75, 3.05) is 14.2 Å². The molecule has 4 heteroatoms. The maximum Gasteiger partial charge on any atom is 0.127 e. The van der Waals surface area contributed by atoms with Gasteiger partial charge in [-0.25, -0.2) is 0 Å². The molecule has 0 N–H and O–H groups in total. The Kier molecular flexibility index (Phi) is 7.31. The van der Waals surface area contributed by atoms with Gasteiger partial charge in [0.25, 0.3) is 0 Å². The van der Waals surface area contributed by atoms with Crippen molar-refractivity contribution in [1.82, 2.24) is 0 Å². The van der Waals surface area contributed by atoms with Crippen molar-refractivity contribution in [2.24, 2.45) is 5.92 Å². The van der Waals surface area contributed by atoms with Gasteiger partial charge in [-0.15, -0.1) is 0 Å². The molecule has 0 saturated heterocycles. The van der Waals surface area contributed by atoms with E-state index in [4.69, 9.17) is 18.9 Å². The molecule has 0 spiro atoms. The summed E-state index contributed by atoms with van der Waals surface area (Å²) in [4.78, 5) is 0. The largest absolute Gasteiger partial charge is 0.497 e. The molecular weight excluding hydrogens is 436 g/mol. The van der Waals surface area contributed by atoms with Gasteiger partial charge in [-0.2, -0.15) is 0 Å². The van der Waals surface area contributed by atoms with Crippen molar-refractivity contribution in [1.29, 1.82) is 0 Å². The first-order valence-electron chi connectivity index (χ1n) is 11.7. The highest BCUT2D eigenvalue weighted by atomic mass is 16.5. The second-order valence-corrected chi connectivity index (χ2v) is 9.09. The lowest BCUT2D eigenvalue weighted by Crippen LogP contribution is -2.18. The third-order valence-corrected chi connectivity index (χ3v) is 6.18. The van der Waals surface area contributed by atoms with E-state index in [0.717, 1.165) is 34.5 Å². The van der Waals surface area contributed by atoms with Crippen LogP contribution in [0.2, 0.25) is 0 Å². The fourth-order valence-corrected chi connectivity index (χ4v) is 4.01. The van der Waals surface area contributed by atoms with Crippen molar-refractivity contribution in [3.05, 3.63) is 120 Å². The van der Waals surface area contributed by atoms with Gasteiger partial charge in [0, 0.05) is 5.41 Å². The first-order valence-corrected chi connectivity index (χ1v) is 11.7. The summed E-state index contributed by atoms with van der Waals surface area (Å²) in [5, 5.41) is 0. The molecule has 4 nitrogen and oxygen atoms in total. The van der Waals surface area contributed by atoms with Gasteiger partial charge < -0.3 is 18.9 Å². The standard InChI is InChI=1S/C31H32O4/c1-22-20-29(33-5)18-19-30(21-22)35-27-12-8-24(9-13-27)31(2,3)23-6-10-26(11-7-23)34-28-16-14-25(32-4)15-17-28/h6-22H,1-5H3. The van der Waals surface area contributed by atoms with Crippen LogP contribution in [0.1, 0.15) is 31.9 Å². The number of hydrogen-bond acceptors (Lipinski definition) is 4. The molecule has 0 radical (unpaired) electrons. The van der Waals surface area contributed by atoms with Crippen molar-refractivity contribution in [3.63, 3.8) is 0 Å². The number of rotatable bonds is 8. The van der Waals surface area contributed by atoms with E-state index in [1.807, 2.05) is 60.7 Å². The first-order chi connectivity index (χ1) is 16.9. The molecule has 3 aromatic carbocycles. The van der Waals surface area contributed by atoms with Crippen LogP contribution in [-0.2, 0) is 10.2 Å². The van der Waals surface area contributed by atoms with Crippen LogP contribution in [0.15, 0.2) is 109 Å². The van der Waals surface area contributed by atoms with Crippen LogP contribution in [0.5, 0.6) is 23.0 Å². The lowest BCUT2D eigenvalue weighted by molar-refractivity contribution is 0.304. The Morgan fingerprint density at radius 1 is 0.543 bits per heavy atom. The van der Waals surface area contributed by atoms with Gasteiger partial charge in [0.15, 0.2) is 0 Å². The minimum absolute atomic E-state index is 0.176. The molecule has 0 fully saturated rings. The first kappa shape index (κ1) is 24.2. The second-order valence-electron chi connectivity index (χ2n) is 9.09. The fourth-order valence-electron chi connectivity index (χ4n) is 4.01. The van der Waals surface area contributed by atoms with Gasteiger partial charge in [-0.05, 0) is 89.9 Å². The maximum atomic E-state index is 6.12. The predicted molar refractivity (Wildman–Crippen MR) is 140 cm³/mol. The number of benzene rings is 3. The van der Waals surface area contributed by atoms with Gasteiger partial charge in [0.2, 0.25) is 0 Å². The van der Waals surface area contributed by atoms with Crippen LogP contribution in [0, 0.1) is 5.92 Å². The smallest absolute Gasteiger partial charge is 0.127 e. The molecule has 35 heavy (non-hydrogen) atoms. The van der Waals surface area contributed by atoms with Crippen molar-refractivity contribution in [3.8, 4) is 23.0 Å². The predicted octanol–water partition coefficient (Wildman–Crippen LogP) is 7.81. The Morgan fingerprint density at radius 2 is 0.971 bits per heavy atom. The molecule has 1 atom stereocenters. The molecule has 0 amide bonds. The summed E-state index contributed by atoms with van der Waals surface area (Å²) in [6.45, 7) is 6.55. The zero-order valence-corrected chi connectivity index (χ0v) is 20.9. The summed E-state index contributed by atoms with van der Waals surface area (Å²) in [7, 11) is 3.33. The Balaban J connectivity index is 1.43. The Hall–Kier alpha value is -3.92. The van der Waals surface area contributed by atoms with Crippen LogP contribution in [0.4, 0.5) is 0 Å². The maximum absolute atomic E-state index is 6.12. The number of methoxy groups -OCH3 is 2.